The van der Waals surface area contributed by atoms with Gasteiger partial charge in [0, 0.05) is 31.0 Å². The molecule has 1 saturated heterocycles. The number of amides is 1. The van der Waals surface area contributed by atoms with Gasteiger partial charge < -0.3 is 15.4 Å². The first kappa shape index (κ1) is 19.0. The summed E-state index contributed by atoms with van der Waals surface area (Å²) in [5.41, 5.74) is 2.62. The first-order valence-corrected chi connectivity index (χ1v) is 10.9. The third-order valence-corrected chi connectivity index (χ3v) is 8.03. The van der Waals surface area contributed by atoms with E-state index in [1.165, 1.54) is 11.1 Å². The molecular formula is C22H30N2O2S. The van der Waals surface area contributed by atoms with Gasteiger partial charge in [-0.15, -0.1) is 11.8 Å². The fourth-order valence-corrected chi connectivity index (χ4v) is 6.39. The Kier molecular flexibility index (Phi) is 5.36. The van der Waals surface area contributed by atoms with Crippen LogP contribution >= 0.6 is 11.8 Å². The third-order valence-electron chi connectivity index (χ3n) is 6.89. The van der Waals surface area contributed by atoms with E-state index in [0.29, 0.717) is 23.8 Å². The molecule has 2 N–H and O–H groups in total. The van der Waals surface area contributed by atoms with E-state index in [2.05, 4.69) is 60.2 Å². The number of rotatable bonds is 4. The van der Waals surface area contributed by atoms with Crippen molar-refractivity contribution < 1.29 is 9.53 Å². The van der Waals surface area contributed by atoms with Gasteiger partial charge in [-0.2, -0.15) is 0 Å². The summed E-state index contributed by atoms with van der Waals surface area (Å²) in [5, 5.41) is 8.79. The van der Waals surface area contributed by atoms with Crippen molar-refractivity contribution in [2.24, 2.45) is 17.8 Å². The molecule has 4 nitrogen and oxygen atoms in total. The predicted octanol–water partition coefficient (Wildman–Crippen LogP) is 3.47. The Morgan fingerprint density at radius 2 is 2.04 bits per heavy atom. The highest BCUT2D eigenvalue weighted by atomic mass is 32.2. The van der Waals surface area contributed by atoms with Crippen molar-refractivity contribution >= 4 is 17.7 Å². The van der Waals surface area contributed by atoms with Crippen LogP contribution in [0.1, 0.15) is 43.4 Å². The third kappa shape index (κ3) is 3.24. The molecule has 0 radical (unpaired) electrons. The molecule has 1 aliphatic carbocycles. The van der Waals surface area contributed by atoms with Gasteiger partial charge in [0.1, 0.15) is 0 Å². The molecule has 2 aliphatic heterocycles. The number of carbonyl (C=O) groups is 1. The standard InChI is InChI=1S/C22H30N2O2S/c1-12-11-17(26-4)18(15-7-5-14(6-8-15)13(2)23-3)19-16-9-10-27-21(16)22(25)24-20(12)19/h5-10,12-13,16-21,23H,11H2,1-4H3,(H,24,25)/t12?,13-,16?,17?,18?,19?,20?,21?/m1/s1. The molecule has 3 aliphatic rings. The Morgan fingerprint density at radius 3 is 2.70 bits per heavy atom. The molecule has 0 bridgehead atoms. The zero-order chi connectivity index (χ0) is 19.1. The first-order valence-electron chi connectivity index (χ1n) is 9.97. The molecule has 146 valence electrons. The van der Waals surface area contributed by atoms with Crippen molar-refractivity contribution in [2.45, 2.75) is 49.6 Å². The van der Waals surface area contributed by atoms with Crippen LogP contribution in [0, 0.1) is 17.8 Å². The smallest absolute Gasteiger partial charge is 0.234 e. The van der Waals surface area contributed by atoms with Crippen molar-refractivity contribution in [3.8, 4) is 0 Å². The zero-order valence-corrected chi connectivity index (χ0v) is 17.3. The second-order valence-corrected chi connectivity index (χ2v) is 9.32. The van der Waals surface area contributed by atoms with Crippen LogP contribution in [0.5, 0.6) is 0 Å². The molecule has 1 amide bonds. The van der Waals surface area contributed by atoms with Gasteiger partial charge in [0.2, 0.25) is 5.91 Å². The van der Waals surface area contributed by atoms with E-state index in [9.17, 15) is 4.79 Å². The second kappa shape index (κ2) is 7.61. The molecule has 2 heterocycles. The van der Waals surface area contributed by atoms with E-state index in [0.717, 1.165) is 6.42 Å². The quantitative estimate of drug-likeness (QED) is 0.832. The molecule has 1 saturated carbocycles. The molecule has 5 heteroatoms. The van der Waals surface area contributed by atoms with Crippen LogP contribution in [-0.2, 0) is 9.53 Å². The Bertz CT molecular complexity index is 720. The minimum atomic E-state index is 0.0140. The maximum absolute atomic E-state index is 12.6. The molecule has 0 aromatic heterocycles. The molecule has 4 rings (SSSR count). The predicted molar refractivity (Wildman–Crippen MR) is 111 cm³/mol. The summed E-state index contributed by atoms with van der Waals surface area (Å²) < 4.78 is 6.00. The van der Waals surface area contributed by atoms with Crippen molar-refractivity contribution in [1.29, 1.82) is 0 Å². The van der Waals surface area contributed by atoms with Crippen LogP contribution in [0.25, 0.3) is 0 Å². The van der Waals surface area contributed by atoms with Gasteiger partial charge in [0.05, 0.1) is 11.4 Å². The highest BCUT2D eigenvalue weighted by Crippen LogP contribution is 2.52. The average molecular weight is 387 g/mol. The summed E-state index contributed by atoms with van der Waals surface area (Å²) in [6.07, 6.45) is 3.43. The Morgan fingerprint density at radius 1 is 1.30 bits per heavy atom. The maximum atomic E-state index is 12.6. The number of benzene rings is 1. The summed E-state index contributed by atoms with van der Waals surface area (Å²) in [4.78, 5) is 12.6. The molecule has 1 aromatic rings. The van der Waals surface area contributed by atoms with Crippen molar-refractivity contribution in [1.82, 2.24) is 10.6 Å². The lowest BCUT2D eigenvalue weighted by Gasteiger charge is -2.52. The average Bonchev–Trinajstić information content (AvgIpc) is 3.18. The summed E-state index contributed by atoms with van der Waals surface area (Å²) >= 11 is 1.67. The minimum Gasteiger partial charge on any atom is -0.381 e. The van der Waals surface area contributed by atoms with Crippen molar-refractivity contribution in [3.63, 3.8) is 0 Å². The first-order chi connectivity index (χ1) is 13.0. The van der Waals surface area contributed by atoms with Crippen LogP contribution in [-0.4, -0.2) is 37.5 Å². The van der Waals surface area contributed by atoms with Crippen LogP contribution in [0.4, 0.5) is 0 Å². The lowest BCUT2D eigenvalue weighted by molar-refractivity contribution is -0.128. The highest BCUT2D eigenvalue weighted by molar-refractivity contribution is 8.03. The van der Waals surface area contributed by atoms with Crippen LogP contribution in [0.2, 0.25) is 0 Å². The van der Waals surface area contributed by atoms with E-state index in [4.69, 9.17) is 4.74 Å². The normalized spacial score (nSPS) is 38.8. The molecule has 27 heavy (non-hydrogen) atoms. The number of piperidine rings is 1. The number of thioether (sulfide) groups is 1. The van der Waals surface area contributed by atoms with Crippen molar-refractivity contribution in [2.75, 3.05) is 14.2 Å². The molecule has 8 atom stereocenters. The summed E-state index contributed by atoms with van der Waals surface area (Å²) in [6, 6.07) is 9.55. The van der Waals surface area contributed by atoms with E-state index >= 15 is 0 Å². The van der Waals surface area contributed by atoms with E-state index in [-0.39, 0.29) is 29.2 Å². The Labute approximate surface area is 166 Å². The zero-order valence-electron chi connectivity index (χ0n) is 16.5. The largest absolute Gasteiger partial charge is 0.381 e. The maximum Gasteiger partial charge on any atom is 0.234 e. The van der Waals surface area contributed by atoms with Crippen LogP contribution < -0.4 is 10.6 Å². The molecule has 1 aromatic carbocycles. The summed E-state index contributed by atoms with van der Waals surface area (Å²) in [5.74, 6) is 1.58. The molecule has 7 unspecified atom stereocenters. The number of fused-ring (bicyclic) bond motifs is 3. The van der Waals surface area contributed by atoms with Crippen LogP contribution in [0.15, 0.2) is 35.7 Å². The monoisotopic (exact) mass is 386 g/mol. The second-order valence-electron chi connectivity index (χ2n) is 8.26. The SMILES string of the molecule is CN[C@H](C)c1ccc(C2C(OC)CC(C)C3NC(=O)C4SC=CC4C32)cc1. The topological polar surface area (TPSA) is 50.4 Å². The molecule has 0 spiro atoms. The van der Waals surface area contributed by atoms with Gasteiger partial charge in [-0.3, -0.25) is 4.79 Å². The van der Waals surface area contributed by atoms with Gasteiger partial charge in [-0.05, 0) is 48.8 Å². The van der Waals surface area contributed by atoms with Gasteiger partial charge in [-0.1, -0.05) is 37.3 Å². The van der Waals surface area contributed by atoms with Gasteiger partial charge in [0.25, 0.3) is 0 Å². The number of ether oxygens (including phenoxy) is 1. The number of nitrogens with one attached hydrogen (secondary N) is 2. The summed E-state index contributed by atoms with van der Waals surface area (Å²) in [7, 11) is 3.82. The van der Waals surface area contributed by atoms with E-state index < -0.39 is 0 Å². The fraction of sp³-hybridized carbons (Fsp3) is 0.591. The fourth-order valence-electron chi connectivity index (χ4n) is 5.31. The Balaban J connectivity index is 1.72. The number of hydrogen-bond acceptors (Lipinski definition) is 4. The van der Waals surface area contributed by atoms with Gasteiger partial charge >= 0.3 is 0 Å². The number of carbonyl (C=O) groups excluding carboxylic acids is 1. The van der Waals surface area contributed by atoms with E-state index in [1.807, 2.05) is 14.2 Å². The molecule has 2 fully saturated rings. The number of hydrogen-bond donors (Lipinski definition) is 2. The minimum absolute atomic E-state index is 0.0140. The highest BCUT2D eigenvalue weighted by Gasteiger charge is 2.54. The van der Waals surface area contributed by atoms with Gasteiger partial charge in [-0.25, -0.2) is 0 Å². The summed E-state index contributed by atoms with van der Waals surface area (Å²) in [6.45, 7) is 4.43. The van der Waals surface area contributed by atoms with Crippen LogP contribution in [0.3, 0.4) is 0 Å². The van der Waals surface area contributed by atoms with E-state index in [1.54, 1.807) is 11.8 Å². The number of methoxy groups -OCH3 is 1. The van der Waals surface area contributed by atoms with Gasteiger partial charge in [0.15, 0.2) is 0 Å². The lowest BCUT2D eigenvalue weighted by atomic mass is 9.60. The lowest BCUT2D eigenvalue weighted by Crippen LogP contribution is -2.62. The van der Waals surface area contributed by atoms with Crippen molar-refractivity contribution in [3.05, 3.63) is 46.9 Å². The number of allylic oxidation sites excluding steroid dienone is 1. The Hall–Kier alpha value is -1.30. The molecular weight excluding hydrogens is 356 g/mol.